The van der Waals surface area contributed by atoms with Crippen LogP contribution in [0.15, 0.2) is 23.0 Å². The molecule has 0 aliphatic heterocycles. The van der Waals surface area contributed by atoms with Gasteiger partial charge in [-0.15, -0.1) is 0 Å². The number of rotatable bonds is 1. The van der Waals surface area contributed by atoms with E-state index in [1.165, 1.54) is 0 Å². The van der Waals surface area contributed by atoms with E-state index >= 15 is 0 Å². The number of nitrogens with two attached hydrogens (primary N) is 1. The lowest BCUT2D eigenvalue weighted by Crippen LogP contribution is -2.20. The maximum atomic E-state index is 12.2. The minimum absolute atomic E-state index is 0.0469. The fraction of sp³-hybridized carbons (Fsp3) is 0.357. The summed E-state index contributed by atoms with van der Waals surface area (Å²) in [4.78, 5) is 12.2. The topological polar surface area (TPSA) is 48.0 Å². The number of nitrogens with zero attached hydrogens (tertiary/aromatic N) is 1. The highest BCUT2D eigenvalue weighted by Gasteiger charge is 2.11. The number of benzene rings is 1. The molecule has 3 heteroatoms. The fourth-order valence-corrected chi connectivity index (χ4v) is 2.19. The maximum absolute atomic E-state index is 12.2. The zero-order valence-electron chi connectivity index (χ0n) is 10.7. The van der Waals surface area contributed by atoms with Crippen LogP contribution in [0.3, 0.4) is 0 Å². The molecule has 0 radical (unpaired) electrons. The van der Waals surface area contributed by atoms with Crippen molar-refractivity contribution in [1.29, 1.82) is 0 Å². The minimum atomic E-state index is -0.0658. The molecule has 0 aliphatic carbocycles. The van der Waals surface area contributed by atoms with Crippen molar-refractivity contribution in [3.63, 3.8) is 0 Å². The number of hydrogen-bond donors (Lipinski definition) is 1. The lowest BCUT2D eigenvalue weighted by atomic mass is 9.98. The third kappa shape index (κ3) is 1.87. The molecule has 0 saturated carbocycles. The maximum Gasteiger partial charge on any atom is 0.258 e. The van der Waals surface area contributed by atoms with Gasteiger partial charge in [-0.1, -0.05) is 6.07 Å². The Hall–Kier alpha value is -1.61. The standard InChI is InChI=1S/C14H18N2O/c1-8-5-11(10(3)15)12-7-9(2)16(4)14(17)13(12)6-8/h5-7,10H,15H2,1-4H3/t10-/m1/s1. The third-order valence-corrected chi connectivity index (χ3v) is 3.26. The van der Waals surface area contributed by atoms with Gasteiger partial charge in [0.1, 0.15) is 0 Å². The number of pyridine rings is 1. The molecule has 1 heterocycles. The van der Waals surface area contributed by atoms with Gasteiger partial charge in [0.05, 0.1) is 0 Å². The van der Waals surface area contributed by atoms with Crippen LogP contribution in [0, 0.1) is 13.8 Å². The molecule has 0 saturated heterocycles. The van der Waals surface area contributed by atoms with Crippen molar-refractivity contribution in [2.45, 2.75) is 26.8 Å². The molecule has 90 valence electrons. The fourth-order valence-electron chi connectivity index (χ4n) is 2.19. The summed E-state index contributed by atoms with van der Waals surface area (Å²) < 4.78 is 1.67. The van der Waals surface area contributed by atoms with Crippen LogP contribution in [0.2, 0.25) is 0 Å². The van der Waals surface area contributed by atoms with E-state index in [4.69, 9.17) is 5.73 Å². The Kier molecular flexibility index (Phi) is 2.79. The zero-order valence-corrected chi connectivity index (χ0v) is 10.7. The summed E-state index contributed by atoms with van der Waals surface area (Å²) in [5.74, 6) is 0. The second-order valence-electron chi connectivity index (χ2n) is 4.75. The first-order valence-electron chi connectivity index (χ1n) is 5.78. The van der Waals surface area contributed by atoms with E-state index in [1.807, 2.05) is 32.9 Å². The van der Waals surface area contributed by atoms with E-state index in [2.05, 4.69) is 6.07 Å². The van der Waals surface area contributed by atoms with Crippen molar-refractivity contribution < 1.29 is 0 Å². The molecule has 0 amide bonds. The smallest absolute Gasteiger partial charge is 0.258 e. The third-order valence-electron chi connectivity index (χ3n) is 3.26. The first kappa shape index (κ1) is 11.9. The van der Waals surface area contributed by atoms with Crippen molar-refractivity contribution in [3.8, 4) is 0 Å². The van der Waals surface area contributed by atoms with E-state index in [0.717, 1.165) is 27.6 Å². The molecular formula is C14H18N2O. The van der Waals surface area contributed by atoms with E-state index < -0.39 is 0 Å². The van der Waals surface area contributed by atoms with Crippen molar-refractivity contribution in [3.05, 3.63) is 45.4 Å². The summed E-state index contributed by atoms with van der Waals surface area (Å²) in [6.07, 6.45) is 0. The van der Waals surface area contributed by atoms with Crippen molar-refractivity contribution >= 4 is 10.8 Å². The molecule has 2 N–H and O–H groups in total. The van der Waals surface area contributed by atoms with Gasteiger partial charge in [-0.05, 0) is 49.4 Å². The summed E-state index contributed by atoms with van der Waals surface area (Å²) in [6, 6.07) is 5.97. The van der Waals surface area contributed by atoms with Crippen LogP contribution < -0.4 is 11.3 Å². The van der Waals surface area contributed by atoms with Gasteiger partial charge in [-0.2, -0.15) is 0 Å². The van der Waals surface area contributed by atoms with Crippen molar-refractivity contribution in [1.82, 2.24) is 4.57 Å². The van der Waals surface area contributed by atoms with Crippen LogP contribution in [0.4, 0.5) is 0 Å². The van der Waals surface area contributed by atoms with E-state index in [1.54, 1.807) is 11.6 Å². The molecule has 1 aromatic carbocycles. The van der Waals surface area contributed by atoms with Crippen LogP contribution in [0.25, 0.3) is 10.8 Å². The average Bonchev–Trinajstić information content (AvgIpc) is 2.26. The van der Waals surface area contributed by atoms with Crippen molar-refractivity contribution in [2.24, 2.45) is 12.8 Å². The summed E-state index contributed by atoms with van der Waals surface area (Å²) in [6.45, 7) is 5.87. The summed E-state index contributed by atoms with van der Waals surface area (Å²) in [5, 5.41) is 1.73. The molecule has 0 fully saturated rings. The zero-order chi connectivity index (χ0) is 12.7. The van der Waals surface area contributed by atoms with Gasteiger partial charge in [0, 0.05) is 24.2 Å². The summed E-state index contributed by atoms with van der Waals surface area (Å²) in [7, 11) is 1.80. The van der Waals surface area contributed by atoms with Crippen LogP contribution in [0.1, 0.15) is 29.8 Å². The lowest BCUT2D eigenvalue weighted by Gasteiger charge is -2.13. The van der Waals surface area contributed by atoms with Gasteiger partial charge >= 0.3 is 0 Å². The Bertz CT molecular complexity index is 639. The highest BCUT2D eigenvalue weighted by molar-refractivity contribution is 5.86. The summed E-state index contributed by atoms with van der Waals surface area (Å²) in [5.41, 5.74) is 9.09. The Balaban J connectivity index is 3.00. The second-order valence-corrected chi connectivity index (χ2v) is 4.75. The molecule has 0 aliphatic rings. The number of fused-ring (bicyclic) bond motifs is 1. The Labute approximate surface area is 101 Å². The molecule has 0 spiro atoms. The van der Waals surface area contributed by atoms with E-state index in [-0.39, 0.29) is 11.6 Å². The highest BCUT2D eigenvalue weighted by Crippen LogP contribution is 2.23. The predicted molar refractivity (Wildman–Crippen MR) is 71.3 cm³/mol. The van der Waals surface area contributed by atoms with Gasteiger partial charge in [-0.3, -0.25) is 4.79 Å². The predicted octanol–water partition coefficient (Wildman–Crippen LogP) is 2.18. The molecule has 2 aromatic rings. The first-order valence-corrected chi connectivity index (χ1v) is 5.78. The van der Waals surface area contributed by atoms with Crippen LogP contribution >= 0.6 is 0 Å². The number of aromatic nitrogens is 1. The number of aryl methyl sites for hydroxylation is 2. The molecule has 0 bridgehead atoms. The SMILES string of the molecule is Cc1cc([C@@H](C)N)c2cc(C)n(C)c(=O)c2c1. The average molecular weight is 230 g/mol. The lowest BCUT2D eigenvalue weighted by molar-refractivity contribution is 0.814. The Morgan fingerprint density at radius 1 is 1.18 bits per heavy atom. The molecule has 3 nitrogen and oxygen atoms in total. The first-order chi connectivity index (χ1) is 7.91. The van der Waals surface area contributed by atoms with Crippen LogP contribution in [-0.2, 0) is 7.05 Å². The Morgan fingerprint density at radius 2 is 1.82 bits per heavy atom. The van der Waals surface area contributed by atoms with Crippen molar-refractivity contribution in [2.75, 3.05) is 0 Å². The Morgan fingerprint density at radius 3 is 2.41 bits per heavy atom. The van der Waals surface area contributed by atoms with Gasteiger partial charge in [-0.25, -0.2) is 0 Å². The minimum Gasteiger partial charge on any atom is -0.324 e. The van der Waals surface area contributed by atoms with Gasteiger partial charge in [0.2, 0.25) is 0 Å². The molecular weight excluding hydrogens is 212 g/mol. The molecule has 17 heavy (non-hydrogen) atoms. The largest absolute Gasteiger partial charge is 0.324 e. The second kappa shape index (κ2) is 4.00. The summed E-state index contributed by atoms with van der Waals surface area (Å²) >= 11 is 0. The van der Waals surface area contributed by atoms with Crippen LogP contribution in [-0.4, -0.2) is 4.57 Å². The molecule has 2 rings (SSSR count). The highest BCUT2D eigenvalue weighted by atomic mass is 16.1. The van der Waals surface area contributed by atoms with Crippen LogP contribution in [0.5, 0.6) is 0 Å². The number of hydrogen-bond acceptors (Lipinski definition) is 2. The molecule has 0 unspecified atom stereocenters. The molecule has 1 atom stereocenters. The molecule has 1 aromatic heterocycles. The normalized spacial score (nSPS) is 13.0. The quantitative estimate of drug-likeness (QED) is 0.816. The monoisotopic (exact) mass is 230 g/mol. The van der Waals surface area contributed by atoms with E-state index in [9.17, 15) is 4.79 Å². The van der Waals surface area contributed by atoms with Gasteiger partial charge in [0.25, 0.3) is 5.56 Å². The van der Waals surface area contributed by atoms with Gasteiger partial charge in [0.15, 0.2) is 0 Å². The van der Waals surface area contributed by atoms with E-state index in [0.29, 0.717) is 0 Å². The van der Waals surface area contributed by atoms with Gasteiger partial charge < -0.3 is 10.3 Å².